The average molecular weight is 361 g/mol. The van der Waals surface area contributed by atoms with Gasteiger partial charge in [0.05, 0.1) is 16.5 Å². The number of hydrogen-bond acceptors (Lipinski definition) is 3. The van der Waals surface area contributed by atoms with Crippen molar-refractivity contribution in [3.63, 3.8) is 0 Å². The molecular formula is C13H11BrClNO2S. The third kappa shape index (κ3) is 3.11. The Morgan fingerprint density at radius 3 is 2.42 bits per heavy atom. The quantitative estimate of drug-likeness (QED) is 0.850. The lowest BCUT2D eigenvalue weighted by Crippen LogP contribution is -2.09. The molecule has 0 aliphatic rings. The van der Waals surface area contributed by atoms with Crippen LogP contribution in [0.4, 0.5) is 5.69 Å². The summed E-state index contributed by atoms with van der Waals surface area (Å²) in [5.41, 5.74) is 6.56. The molecule has 0 saturated heterocycles. The minimum Gasteiger partial charge on any atom is -0.398 e. The van der Waals surface area contributed by atoms with E-state index in [1.807, 2.05) is 6.07 Å². The number of nitrogen functional groups attached to an aromatic ring is 1. The molecular weight excluding hydrogens is 350 g/mol. The van der Waals surface area contributed by atoms with Crippen LogP contribution in [0, 0.1) is 0 Å². The van der Waals surface area contributed by atoms with Gasteiger partial charge in [0, 0.05) is 4.47 Å². The van der Waals surface area contributed by atoms with Crippen molar-refractivity contribution in [2.24, 2.45) is 0 Å². The van der Waals surface area contributed by atoms with Crippen LogP contribution in [-0.2, 0) is 15.6 Å². The lowest BCUT2D eigenvalue weighted by molar-refractivity contribution is 0.595. The molecule has 2 aromatic carbocycles. The van der Waals surface area contributed by atoms with Crippen LogP contribution in [0.3, 0.4) is 0 Å². The van der Waals surface area contributed by atoms with Crippen LogP contribution in [0.5, 0.6) is 0 Å². The van der Waals surface area contributed by atoms with Crippen molar-refractivity contribution in [2.75, 3.05) is 5.73 Å². The zero-order valence-corrected chi connectivity index (χ0v) is 13.0. The molecule has 6 heteroatoms. The van der Waals surface area contributed by atoms with Crippen molar-refractivity contribution < 1.29 is 8.42 Å². The first-order valence-electron chi connectivity index (χ1n) is 5.42. The number of anilines is 1. The zero-order chi connectivity index (χ0) is 14.0. The molecule has 2 rings (SSSR count). The van der Waals surface area contributed by atoms with Crippen LogP contribution in [0.15, 0.2) is 51.8 Å². The van der Waals surface area contributed by atoms with E-state index in [1.165, 1.54) is 12.1 Å². The van der Waals surface area contributed by atoms with Crippen LogP contribution in [-0.4, -0.2) is 8.42 Å². The lowest BCUT2D eigenvalue weighted by Gasteiger charge is -2.10. The highest BCUT2D eigenvalue weighted by atomic mass is 79.9. The molecule has 0 bridgehead atoms. The number of rotatable bonds is 3. The van der Waals surface area contributed by atoms with Crippen molar-refractivity contribution in [3.8, 4) is 0 Å². The molecule has 0 spiro atoms. The van der Waals surface area contributed by atoms with E-state index in [2.05, 4.69) is 15.9 Å². The molecule has 19 heavy (non-hydrogen) atoms. The van der Waals surface area contributed by atoms with E-state index in [-0.39, 0.29) is 21.4 Å². The monoisotopic (exact) mass is 359 g/mol. The summed E-state index contributed by atoms with van der Waals surface area (Å²) in [5.74, 6) is -0.150. The summed E-state index contributed by atoms with van der Waals surface area (Å²) in [5, 5.41) is 0.145. The van der Waals surface area contributed by atoms with Gasteiger partial charge >= 0.3 is 0 Å². The molecule has 0 aliphatic heterocycles. The first-order chi connectivity index (χ1) is 8.92. The number of sulfone groups is 1. The Bertz CT molecular complexity index is 696. The van der Waals surface area contributed by atoms with Crippen molar-refractivity contribution in [2.45, 2.75) is 10.6 Å². The fraction of sp³-hybridized carbons (Fsp3) is 0.0769. The fourth-order valence-corrected chi connectivity index (χ4v) is 4.49. The maximum absolute atomic E-state index is 12.4. The van der Waals surface area contributed by atoms with Gasteiger partial charge in [-0.2, -0.15) is 0 Å². The first kappa shape index (κ1) is 14.4. The van der Waals surface area contributed by atoms with Gasteiger partial charge in [-0.1, -0.05) is 51.8 Å². The zero-order valence-electron chi connectivity index (χ0n) is 9.81. The Morgan fingerprint density at radius 2 is 1.79 bits per heavy atom. The SMILES string of the molecule is Nc1cccc(Cl)c1S(=O)(=O)Cc1ccccc1Br. The van der Waals surface area contributed by atoms with Gasteiger partial charge in [-0.15, -0.1) is 0 Å². The Balaban J connectivity index is 2.47. The van der Waals surface area contributed by atoms with Gasteiger partial charge in [0.25, 0.3) is 0 Å². The second-order valence-corrected chi connectivity index (χ2v) is 7.20. The highest BCUT2D eigenvalue weighted by Crippen LogP contribution is 2.31. The van der Waals surface area contributed by atoms with E-state index in [0.29, 0.717) is 5.56 Å². The third-order valence-corrected chi connectivity index (χ3v) is 5.58. The lowest BCUT2D eigenvalue weighted by atomic mass is 10.2. The summed E-state index contributed by atoms with van der Waals surface area (Å²) < 4.78 is 25.6. The Labute approximate surface area is 125 Å². The Kier molecular flexibility index (Phi) is 4.18. The highest BCUT2D eigenvalue weighted by Gasteiger charge is 2.22. The van der Waals surface area contributed by atoms with E-state index in [0.717, 1.165) is 4.47 Å². The van der Waals surface area contributed by atoms with Crippen LogP contribution in [0.1, 0.15) is 5.56 Å². The molecule has 2 N–H and O–H groups in total. The van der Waals surface area contributed by atoms with Crippen LogP contribution < -0.4 is 5.73 Å². The van der Waals surface area contributed by atoms with Crippen molar-refractivity contribution in [3.05, 3.63) is 57.5 Å². The summed E-state index contributed by atoms with van der Waals surface area (Å²) in [4.78, 5) is -0.00702. The highest BCUT2D eigenvalue weighted by molar-refractivity contribution is 9.10. The predicted molar refractivity (Wildman–Crippen MR) is 80.9 cm³/mol. The van der Waals surface area contributed by atoms with Gasteiger partial charge in [0.1, 0.15) is 4.90 Å². The third-order valence-electron chi connectivity index (χ3n) is 2.61. The second kappa shape index (κ2) is 5.53. The van der Waals surface area contributed by atoms with Gasteiger partial charge in [-0.25, -0.2) is 8.42 Å². The van der Waals surface area contributed by atoms with E-state index < -0.39 is 9.84 Å². The number of benzene rings is 2. The minimum absolute atomic E-state index is 0.00702. The second-order valence-electron chi connectivity index (χ2n) is 4.01. The summed E-state index contributed by atoms with van der Waals surface area (Å²) in [7, 11) is -3.58. The Morgan fingerprint density at radius 1 is 1.11 bits per heavy atom. The van der Waals surface area contributed by atoms with E-state index >= 15 is 0 Å². The molecule has 0 fully saturated rings. The van der Waals surface area contributed by atoms with E-state index in [4.69, 9.17) is 17.3 Å². The van der Waals surface area contributed by atoms with Crippen LogP contribution in [0.25, 0.3) is 0 Å². The minimum atomic E-state index is -3.58. The van der Waals surface area contributed by atoms with Gasteiger partial charge in [0.15, 0.2) is 9.84 Å². The van der Waals surface area contributed by atoms with Gasteiger partial charge in [-0.05, 0) is 23.8 Å². The summed E-state index contributed by atoms with van der Waals surface area (Å²) in [6, 6.07) is 11.8. The average Bonchev–Trinajstić information content (AvgIpc) is 2.31. The van der Waals surface area contributed by atoms with Crippen LogP contribution in [0.2, 0.25) is 5.02 Å². The van der Waals surface area contributed by atoms with Gasteiger partial charge in [-0.3, -0.25) is 0 Å². The molecule has 0 aromatic heterocycles. The molecule has 100 valence electrons. The maximum atomic E-state index is 12.4. The van der Waals surface area contributed by atoms with E-state index in [9.17, 15) is 8.42 Å². The molecule has 0 aliphatic carbocycles. The molecule has 0 heterocycles. The van der Waals surface area contributed by atoms with Crippen molar-refractivity contribution >= 4 is 43.1 Å². The molecule has 0 amide bonds. The number of halogens is 2. The normalized spacial score (nSPS) is 11.5. The number of hydrogen-bond donors (Lipinski definition) is 1. The Hall–Kier alpha value is -1.04. The van der Waals surface area contributed by atoms with Gasteiger partial charge < -0.3 is 5.73 Å². The molecule has 0 atom stereocenters. The molecule has 2 aromatic rings. The summed E-state index contributed by atoms with van der Waals surface area (Å²) in [6.45, 7) is 0. The van der Waals surface area contributed by atoms with Crippen molar-refractivity contribution in [1.82, 2.24) is 0 Å². The largest absolute Gasteiger partial charge is 0.398 e. The van der Waals surface area contributed by atoms with Crippen LogP contribution >= 0.6 is 27.5 Å². The van der Waals surface area contributed by atoms with Crippen molar-refractivity contribution in [1.29, 1.82) is 0 Å². The summed E-state index contributed by atoms with van der Waals surface area (Å²) in [6.07, 6.45) is 0. The fourth-order valence-electron chi connectivity index (χ4n) is 1.75. The smallest absolute Gasteiger partial charge is 0.186 e. The first-order valence-corrected chi connectivity index (χ1v) is 8.24. The molecule has 0 radical (unpaired) electrons. The standard InChI is InChI=1S/C13H11BrClNO2S/c14-10-5-2-1-4-9(10)8-19(17,18)13-11(15)6-3-7-12(13)16/h1-7H,8,16H2. The molecule has 3 nitrogen and oxygen atoms in total. The number of nitrogens with two attached hydrogens (primary N) is 1. The molecule has 0 saturated carbocycles. The maximum Gasteiger partial charge on any atom is 0.186 e. The van der Waals surface area contributed by atoms with Gasteiger partial charge in [0.2, 0.25) is 0 Å². The topological polar surface area (TPSA) is 60.2 Å². The van der Waals surface area contributed by atoms with E-state index in [1.54, 1.807) is 24.3 Å². The molecule has 0 unspecified atom stereocenters. The predicted octanol–water partition coefficient (Wildman–Crippen LogP) is 3.66. The summed E-state index contributed by atoms with van der Waals surface area (Å²) >= 11 is 9.28.